The molecule has 1 N–H and O–H groups in total. The summed E-state index contributed by atoms with van der Waals surface area (Å²) in [4.78, 5) is 18.7. The lowest BCUT2D eigenvalue weighted by Gasteiger charge is -2.31. The minimum atomic E-state index is 0. The molecule has 0 unspecified atom stereocenters. The van der Waals surface area contributed by atoms with Gasteiger partial charge in [0, 0.05) is 31.1 Å². The van der Waals surface area contributed by atoms with Crippen molar-refractivity contribution in [1.29, 1.82) is 0 Å². The lowest BCUT2D eigenvalue weighted by atomic mass is 10.0. The quantitative estimate of drug-likeness (QED) is 0.829. The molecule has 0 radical (unpaired) electrons. The van der Waals surface area contributed by atoms with Crippen LogP contribution in [0.15, 0.2) is 28.8 Å². The number of halogens is 1. The standard InChI is InChI=1S/C18H24N4O3.ClH/c1-3-17-20-16(21-25-17)12-24-15-6-4-13(5-7-15)18(23)22-10-8-14(19-2)9-11-22;/h4-7,14,19H,3,8-12H2,1-2H3;1H. The van der Waals surface area contributed by atoms with Gasteiger partial charge >= 0.3 is 0 Å². The Hall–Kier alpha value is -2.12. The van der Waals surface area contributed by atoms with E-state index in [1.54, 1.807) is 24.3 Å². The first kappa shape index (κ1) is 20.2. The molecule has 0 aliphatic carbocycles. The molecule has 8 heteroatoms. The largest absolute Gasteiger partial charge is 0.485 e. The predicted molar refractivity (Wildman–Crippen MR) is 99.7 cm³/mol. The fourth-order valence-electron chi connectivity index (χ4n) is 2.89. The Kier molecular flexibility index (Phi) is 7.41. The van der Waals surface area contributed by atoms with Crippen molar-refractivity contribution in [2.75, 3.05) is 20.1 Å². The number of likely N-dealkylation sites (tertiary alicyclic amines) is 1. The number of nitrogens with zero attached hydrogens (tertiary/aromatic N) is 3. The second kappa shape index (κ2) is 9.54. The van der Waals surface area contributed by atoms with Crippen LogP contribution in [0.2, 0.25) is 0 Å². The molecule has 1 fully saturated rings. The van der Waals surface area contributed by atoms with Crippen LogP contribution in [0.3, 0.4) is 0 Å². The van der Waals surface area contributed by atoms with Gasteiger partial charge in [0.25, 0.3) is 5.91 Å². The van der Waals surface area contributed by atoms with Crippen LogP contribution >= 0.6 is 12.4 Å². The van der Waals surface area contributed by atoms with Crippen LogP contribution in [-0.4, -0.2) is 47.1 Å². The summed E-state index contributed by atoms with van der Waals surface area (Å²) in [7, 11) is 1.97. The second-order valence-corrected chi connectivity index (χ2v) is 6.13. The molecule has 0 atom stereocenters. The Morgan fingerprint density at radius 3 is 2.58 bits per heavy atom. The smallest absolute Gasteiger partial charge is 0.253 e. The van der Waals surface area contributed by atoms with E-state index in [-0.39, 0.29) is 24.9 Å². The lowest BCUT2D eigenvalue weighted by Crippen LogP contribution is -2.43. The topological polar surface area (TPSA) is 80.5 Å². The summed E-state index contributed by atoms with van der Waals surface area (Å²) >= 11 is 0. The molecule has 0 bridgehead atoms. The van der Waals surface area contributed by atoms with E-state index in [1.807, 2.05) is 18.9 Å². The third-order valence-electron chi connectivity index (χ3n) is 4.47. The highest BCUT2D eigenvalue weighted by Crippen LogP contribution is 2.17. The van der Waals surface area contributed by atoms with Crippen LogP contribution in [0.4, 0.5) is 0 Å². The zero-order valence-electron chi connectivity index (χ0n) is 15.1. The molecule has 2 heterocycles. The Morgan fingerprint density at radius 1 is 1.31 bits per heavy atom. The van der Waals surface area contributed by atoms with Crippen molar-refractivity contribution < 1.29 is 14.1 Å². The molecule has 1 aliphatic rings. The van der Waals surface area contributed by atoms with E-state index < -0.39 is 0 Å². The zero-order chi connectivity index (χ0) is 17.6. The average molecular weight is 381 g/mol. The van der Waals surface area contributed by atoms with Gasteiger partial charge in [-0.3, -0.25) is 4.79 Å². The highest BCUT2D eigenvalue weighted by atomic mass is 35.5. The van der Waals surface area contributed by atoms with Crippen LogP contribution in [0.1, 0.15) is 41.8 Å². The number of carbonyl (C=O) groups excluding carboxylic acids is 1. The molecule has 0 spiro atoms. The molecule has 142 valence electrons. The number of benzene rings is 1. The molecule has 1 aliphatic heterocycles. The van der Waals surface area contributed by atoms with Crippen molar-refractivity contribution in [3.63, 3.8) is 0 Å². The SMILES string of the molecule is CCc1nc(COc2ccc(C(=O)N3CCC(NC)CC3)cc2)no1.Cl. The maximum Gasteiger partial charge on any atom is 0.253 e. The van der Waals surface area contributed by atoms with Crippen molar-refractivity contribution in [2.45, 2.75) is 38.8 Å². The molecule has 0 saturated carbocycles. The number of aryl methyl sites for hydroxylation is 1. The minimum Gasteiger partial charge on any atom is -0.485 e. The van der Waals surface area contributed by atoms with Gasteiger partial charge in [0.2, 0.25) is 11.7 Å². The summed E-state index contributed by atoms with van der Waals surface area (Å²) in [5.74, 6) is 1.87. The third kappa shape index (κ3) is 4.95. The van der Waals surface area contributed by atoms with Crippen LogP contribution in [0, 0.1) is 0 Å². The molecule has 7 nitrogen and oxygen atoms in total. The lowest BCUT2D eigenvalue weighted by molar-refractivity contribution is 0.0707. The first-order valence-corrected chi connectivity index (χ1v) is 8.70. The zero-order valence-corrected chi connectivity index (χ0v) is 15.9. The van der Waals surface area contributed by atoms with E-state index in [0.717, 1.165) is 25.9 Å². The summed E-state index contributed by atoms with van der Waals surface area (Å²) in [6.07, 6.45) is 2.69. The molecule has 26 heavy (non-hydrogen) atoms. The molecule has 2 aromatic rings. The normalized spacial score (nSPS) is 14.8. The van der Waals surface area contributed by atoms with Gasteiger partial charge in [-0.25, -0.2) is 0 Å². The first-order valence-electron chi connectivity index (χ1n) is 8.70. The average Bonchev–Trinajstić information content (AvgIpc) is 3.14. The number of hydrogen-bond donors (Lipinski definition) is 1. The van der Waals surface area contributed by atoms with Gasteiger partial charge in [-0.15, -0.1) is 12.4 Å². The number of piperidine rings is 1. The minimum absolute atomic E-state index is 0. The van der Waals surface area contributed by atoms with Crippen LogP contribution in [0.25, 0.3) is 0 Å². The van der Waals surface area contributed by atoms with E-state index >= 15 is 0 Å². The third-order valence-corrected chi connectivity index (χ3v) is 4.47. The first-order chi connectivity index (χ1) is 12.2. The molecule has 1 aromatic carbocycles. The van der Waals surface area contributed by atoms with Crippen molar-refractivity contribution in [1.82, 2.24) is 20.4 Å². The summed E-state index contributed by atoms with van der Waals surface area (Å²) in [6, 6.07) is 7.71. The molecule has 3 rings (SSSR count). The van der Waals surface area contributed by atoms with Crippen molar-refractivity contribution >= 4 is 18.3 Å². The van der Waals surface area contributed by atoms with Gasteiger partial charge < -0.3 is 19.5 Å². The maximum atomic E-state index is 12.6. The highest BCUT2D eigenvalue weighted by molar-refractivity contribution is 5.94. The number of nitrogens with one attached hydrogen (secondary N) is 1. The van der Waals surface area contributed by atoms with E-state index in [4.69, 9.17) is 9.26 Å². The fourth-order valence-corrected chi connectivity index (χ4v) is 2.89. The van der Waals surface area contributed by atoms with Gasteiger partial charge in [0.1, 0.15) is 5.75 Å². The van der Waals surface area contributed by atoms with Gasteiger partial charge in [0.05, 0.1) is 0 Å². The van der Waals surface area contributed by atoms with Crippen LogP contribution in [0.5, 0.6) is 5.75 Å². The Balaban J connectivity index is 0.00000243. The maximum absolute atomic E-state index is 12.6. The van der Waals surface area contributed by atoms with Crippen molar-refractivity contribution in [3.8, 4) is 5.75 Å². The number of aromatic nitrogens is 2. The summed E-state index contributed by atoms with van der Waals surface area (Å²) in [6.45, 7) is 3.78. The highest BCUT2D eigenvalue weighted by Gasteiger charge is 2.22. The number of carbonyl (C=O) groups is 1. The van der Waals surface area contributed by atoms with Crippen molar-refractivity contribution in [3.05, 3.63) is 41.5 Å². The molecule has 1 amide bonds. The van der Waals surface area contributed by atoms with Gasteiger partial charge in [-0.2, -0.15) is 4.98 Å². The summed E-state index contributed by atoms with van der Waals surface area (Å²) in [5.41, 5.74) is 0.683. The second-order valence-electron chi connectivity index (χ2n) is 6.13. The fraction of sp³-hybridized carbons (Fsp3) is 0.500. The van der Waals surface area contributed by atoms with Gasteiger partial charge in [-0.1, -0.05) is 12.1 Å². The van der Waals surface area contributed by atoms with E-state index in [0.29, 0.717) is 35.5 Å². The number of rotatable bonds is 6. The van der Waals surface area contributed by atoms with E-state index in [1.165, 1.54) is 0 Å². The van der Waals surface area contributed by atoms with Crippen LogP contribution < -0.4 is 10.1 Å². The molecular weight excluding hydrogens is 356 g/mol. The van der Waals surface area contributed by atoms with Crippen LogP contribution in [-0.2, 0) is 13.0 Å². The summed E-state index contributed by atoms with van der Waals surface area (Å²) < 4.78 is 10.7. The molecular formula is C18H25ClN4O3. The van der Waals surface area contributed by atoms with Gasteiger partial charge in [0.15, 0.2) is 6.61 Å². The van der Waals surface area contributed by atoms with E-state index in [2.05, 4.69) is 15.5 Å². The Labute approximate surface area is 159 Å². The monoisotopic (exact) mass is 380 g/mol. The molecule has 1 aromatic heterocycles. The Morgan fingerprint density at radius 2 is 2.00 bits per heavy atom. The number of hydrogen-bond acceptors (Lipinski definition) is 6. The predicted octanol–water partition coefficient (Wildman–Crippen LogP) is 2.46. The molecule has 1 saturated heterocycles. The van der Waals surface area contributed by atoms with E-state index in [9.17, 15) is 4.79 Å². The number of amides is 1. The Bertz CT molecular complexity index is 697. The number of ether oxygens (including phenoxy) is 1. The van der Waals surface area contributed by atoms with Crippen molar-refractivity contribution in [2.24, 2.45) is 0 Å². The summed E-state index contributed by atoms with van der Waals surface area (Å²) in [5, 5.41) is 7.12. The van der Waals surface area contributed by atoms with Gasteiger partial charge in [-0.05, 0) is 44.2 Å².